The van der Waals surface area contributed by atoms with E-state index in [4.69, 9.17) is 0 Å². The van der Waals surface area contributed by atoms with E-state index < -0.39 is 0 Å². The zero-order valence-corrected chi connectivity index (χ0v) is 11.1. The topological polar surface area (TPSA) is 48.1 Å². The van der Waals surface area contributed by atoms with Crippen molar-refractivity contribution in [1.82, 2.24) is 4.57 Å². The maximum absolute atomic E-state index is 11.0. The maximum atomic E-state index is 11.0. The Bertz CT molecular complexity index is 776. The normalized spacial score (nSPS) is 10.8. The van der Waals surface area contributed by atoms with Crippen molar-refractivity contribution in [2.45, 2.75) is 13.5 Å². The Labute approximate surface area is 116 Å². The Morgan fingerprint density at radius 2 is 1.90 bits per heavy atom. The van der Waals surface area contributed by atoms with E-state index in [0.717, 1.165) is 17.4 Å². The van der Waals surface area contributed by atoms with Gasteiger partial charge in [0.25, 0.3) is 5.69 Å². The number of rotatable bonds is 3. The summed E-state index contributed by atoms with van der Waals surface area (Å²) in [5.41, 5.74) is 3.10. The Hall–Kier alpha value is -2.62. The Kier molecular flexibility index (Phi) is 2.99. The van der Waals surface area contributed by atoms with Crippen LogP contribution in [0.2, 0.25) is 0 Å². The van der Waals surface area contributed by atoms with Gasteiger partial charge >= 0.3 is 0 Å². The van der Waals surface area contributed by atoms with E-state index in [1.807, 2.05) is 36.5 Å². The molecule has 1 heterocycles. The van der Waals surface area contributed by atoms with Crippen LogP contribution in [0, 0.1) is 17.0 Å². The molecule has 0 N–H and O–H groups in total. The van der Waals surface area contributed by atoms with Crippen LogP contribution in [-0.2, 0) is 6.54 Å². The number of nitro groups is 1. The van der Waals surface area contributed by atoms with Crippen LogP contribution in [-0.4, -0.2) is 9.49 Å². The van der Waals surface area contributed by atoms with Crippen molar-refractivity contribution in [1.29, 1.82) is 0 Å². The summed E-state index contributed by atoms with van der Waals surface area (Å²) < 4.78 is 2.11. The fourth-order valence-electron chi connectivity index (χ4n) is 2.44. The van der Waals surface area contributed by atoms with Crippen molar-refractivity contribution in [3.8, 4) is 0 Å². The second-order valence-corrected chi connectivity index (χ2v) is 4.88. The zero-order chi connectivity index (χ0) is 14.1. The third-order valence-corrected chi connectivity index (χ3v) is 3.48. The van der Waals surface area contributed by atoms with Crippen molar-refractivity contribution in [3.05, 3.63) is 76.0 Å². The van der Waals surface area contributed by atoms with Crippen molar-refractivity contribution in [2.24, 2.45) is 0 Å². The first-order chi connectivity index (χ1) is 9.65. The fraction of sp³-hybridized carbons (Fsp3) is 0.125. The molecule has 100 valence electrons. The molecule has 0 atom stereocenters. The van der Waals surface area contributed by atoms with Crippen LogP contribution in [0.1, 0.15) is 11.1 Å². The molecule has 0 aliphatic carbocycles. The summed E-state index contributed by atoms with van der Waals surface area (Å²) in [5, 5.41) is 11.9. The van der Waals surface area contributed by atoms with Crippen LogP contribution in [0.4, 0.5) is 5.69 Å². The first-order valence-corrected chi connectivity index (χ1v) is 6.43. The van der Waals surface area contributed by atoms with E-state index >= 15 is 0 Å². The number of nitrogens with zero attached hydrogens (tertiary/aromatic N) is 2. The van der Waals surface area contributed by atoms with E-state index in [1.165, 1.54) is 5.56 Å². The molecule has 0 fully saturated rings. The first-order valence-electron chi connectivity index (χ1n) is 6.43. The molecule has 4 heteroatoms. The Morgan fingerprint density at radius 1 is 1.15 bits per heavy atom. The van der Waals surface area contributed by atoms with Crippen molar-refractivity contribution in [3.63, 3.8) is 0 Å². The van der Waals surface area contributed by atoms with Crippen LogP contribution in [0.25, 0.3) is 10.9 Å². The standard InChI is InChI=1S/C16H14N2O2/c1-12-9-16-14(10-15(12)18(19)20)7-8-17(16)11-13-5-3-2-4-6-13/h2-10H,11H2,1H3. The average Bonchev–Trinajstić information content (AvgIpc) is 2.81. The summed E-state index contributed by atoms with van der Waals surface area (Å²) in [4.78, 5) is 10.6. The van der Waals surface area contributed by atoms with Crippen molar-refractivity contribution < 1.29 is 4.92 Å². The van der Waals surface area contributed by atoms with Crippen molar-refractivity contribution >= 4 is 16.6 Å². The Morgan fingerprint density at radius 3 is 2.60 bits per heavy atom. The molecule has 0 spiro atoms. The predicted octanol–water partition coefficient (Wildman–Crippen LogP) is 3.91. The van der Waals surface area contributed by atoms with Gasteiger partial charge in [0.2, 0.25) is 0 Å². The minimum atomic E-state index is -0.330. The smallest absolute Gasteiger partial charge is 0.273 e. The fourth-order valence-corrected chi connectivity index (χ4v) is 2.44. The third kappa shape index (κ3) is 2.16. The van der Waals surface area contributed by atoms with Gasteiger partial charge in [-0.1, -0.05) is 30.3 Å². The highest BCUT2D eigenvalue weighted by Crippen LogP contribution is 2.26. The predicted molar refractivity (Wildman–Crippen MR) is 78.9 cm³/mol. The lowest BCUT2D eigenvalue weighted by molar-refractivity contribution is -0.385. The van der Waals surface area contributed by atoms with Gasteiger partial charge in [-0.3, -0.25) is 10.1 Å². The molecule has 1 aromatic heterocycles. The van der Waals surface area contributed by atoms with Crippen LogP contribution in [0.15, 0.2) is 54.7 Å². The summed E-state index contributed by atoms with van der Waals surface area (Å²) in [5.74, 6) is 0. The number of hydrogen-bond donors (Lipinski definition) is 0. The number of benzene rings is 2. The Balaban J connectivity index is 2.06. The molecular weight excluding hydrogens is 252 g/mol. The summed E-state index contributed by atoms with van der Waals surface area (Å²) >= 11 is 0. The molecule has 0 saturated heterocycles. The highest BCUT2D eigenvalue weighted by molar-refractivity contribution is 5.84. The molecular formula is C16H14N2O2. The van der Waals surface area contributed by atoms with Gasteiger partial charge in [-0.15, -0.1) is 0 Å². The molecule has 0 amide bonds. The molecule has 2 aromatic carbocycles. The summed E-state index contributed by atoms with van der Waals surface area (Å²) in [7, 11) is 0. The number of nitro benzene ring substituents is 1. The number of hydrogen-bond acceptors (Lipinski definition) is 2. The molecule has 4 nitrogen and oxygen atoms in total. The first kappa shape index (κ1) is 12.4. The lowest BCUT2D eigenvalue weighted by Gasteiger charge is -2.06. The molecule has 0 aliphatic rings. The van der Waals surface area contributed by atoms with E-state index in [1.54, 1.807) is 13.0 Å². The SMILES string of the molecule is Cc1cc2c(ccn2Cc2ccccc2)cc1[N+](=O)[O-]. The van der Waals surface area contributed by atoms with E-state index in [9.17, 15) is 10.1 Å². The highest BCUT2D eigenvalue weighted by atomic mass is 16.6. The second kappa shape index (κ2) is 4.81. The number of aryl methyl sites for hydroxylation is 1. The second-order valence-electron chi connectivity index (χ2n) is 4.88. The summed E-state index contributed by atoms with van der Waals surface area (Å²) in [6.45, 7) is 2.54. The molecule has 0 radical (unpaired) electrons. The van der Waals surface area contributed by atoms with Gasteiger partial charge < -0.3 is 4.57 Å². The number of aromatic nitrogens is 1. The van der Waals surface area contributed by atoms with Gasteiger partial charge in [0.1, 0.15) is 0 Å². The molecule has 20 heavy (non-hydrogen) atoms. The summed E-state index contributed by atoms with van der Waals surface area (Å²) in [6.07, 6.45) is 1.97. The molecule has 0 aliphatic heterocycles. The monoisotopic (exact) mass is 266 g/mol. The maximum Gasteiger partial charge on any atom is 0.273 e. The zero-order valence-electron chi connectivity index (χ0n) is 11.1. The van der Waals surface area contributed by atoms with Gasteiger partial charge in [-0.05, 0) is 24.6 Å². The van der Waals surface area contributed by atoms with Crippen molar-refractivity contribution in [2.75, 3.05) is 0 Å². The summed E-state index contributed by atoms with van der Waals surface area (Å²) in [6, 6.07) is 15.6. The molecule has 3 rings (SSSR count). The lowest BCUT2D eigenvalue weighted by atomic mass is 10.1. The van der Waals surface area contributed by atoms with Gasteiger partial charge in [0.05, 0.1) is 4.92 Å². The quantitative estimate of drug-likeness (QED) is 0.533. The number of fused-ring (bicyclic) bond motifs is 1. The minimum Gasteiger partial charge on any atom is -0.343 e. The van der Waals surface area contributed by atoms with Gasteiger partial charge in [-0.25, -0.2) is 0 Å². The van der Waals surface area contributed by atoms with Crippen LogP contribution >= 0.6 is 0 Å². The highest BCUT2D eigenvalue weighted by Gasteiger charge is 2.13. The largest absolute Gasteiger partial charge is 0.343 e. The van der Waals surface area contributed by atoms with E-state index in [0.29, 0.717) is 5.56 Å². The molecule has 0 saturated carbocycles. The molecule has 0 unspecified atom stereocenters. The van der Waals surface area contributed by atoms with Gasteiger partial charge in [0.15, 0.2) is 0 Å². The van der Waals surface area contributed by atoms with Crippen LogP contribution < -0.4 is 0 Å². The van der Waals surface area contributed by atoms with Gasteiger partial charge in [0, 0.05) is 35.3 Å². The molecule has 0 bridgehead atoms. The third-order valence-electron chi connectivity index (χ3n) is 3.48. The van der Waals surface area contributed by atoms with Gasteiger partial charge in [-0.2, -0.15) is 0 Å². The van der Waals surface area contributed by atoms with Crippen LogP contribution in [0.3, 0.4) is 0 Å². The lowest BCUT2D eigenvalue weighted by Crippen LogP contribution is -1.98. The average molecular weight is 266 g/mol. The van der Waals surface area contributed by atoms with E-state index in [-0.39, 0.29) is 10.6 Å². The minimum absolute atomic E-state index is 0.176. The van der Waals surface area contributed by atoms with Crippen LogP contribution in [0.5, 0.6) is 0 Å². The van der Waals surface area contributed by atoms with E-state index in [2.05, 4.69) is 16.7 Å². The molecule has 3 aromatic rings.